The van der Waals surface area contributed by atoms with Crippen LogP contribution in [0.1, 0.15) is 11.1 Å². The van der Waals surface area contributed by atoms with Crippen molar-refractivity contribution in [2.45, 2.75) is 0 Å². The molecular weight excluding hydrogens is 322 g/mol. The lowest BCUT2D eigenvalue weighted by Crippen LogP contribution is -2.09. The molecule has 0 unspecified atom stereocenters. The third-order valence-corrected chi connectivity index (χ3v) is 2.73. The van der Waals surface area contributed by atoms with Crippen LogP contribution in [0, 0.1) is 0 Å². The smallest absolute Gasteiger partial charge is 0.360 e. The largest absolute Gasteiger partial charge is 0.503 e. The third-order valence-electron chi connectivity index (χ3n) is 2.55. The summed E-state index contributed by atoms with van der Waals surface area (Å²) in [5.41, 5.74) is 1.28. The zero-order valence-electron chi connectivity index (χ0n) is 12.7. The van der Waals surface area contributed by atoms with Gasteiger partial charge in [-0.15, -0.1) is 0 Å². The summed E-state index contributed by atoms with van der Waals surface area (Å²) in [6, 6.07) is 6.88. The molecule has 0 heterocycles. The van der Waals surface area contributed by atoms with Crippen LogP contribution in [-0.4, -0.2) is 44.9 Å². The predicted octanol–water partition coefficient (Wildman–Crippen LogP) is 1.63. The Balaban J connectivity index is 2.94. The lowest BCUT2D eigenvalue weighted by atomic mass is 10.0. The highest BCUT2D eigenvalue weighted by Gasteiger charge is 2.16. The van der Waals surface area contributed by atoms with E-state index < -0.39 is 11.9 Å². The summed E-state index contributed by atoms with van der Waals surface area (Å²) >= 11 is 3.80. The second kappa shape index (κ2) is 10.4. The van der Waals surface area contributed by atoms with Gasteiger partial charge in [0.15, 0.2) is 0 Å². The predicted molar refractivity (Wildman–Crippen MR) is 86.9 cm³/mol. The maximum atomic E-state index is 11.8. The first-order chi connectivity index (χ1) is 11.1. The van der Waals surface area contributed by atoms with E-state index in [1.54, 1.807) is 24.3 Å². The Morgan fingerprint density at radius 2 is 2.00 bits per heavy atom. The number of carbonyl (C=O) groups is 2. The van der Waals surface area contributed by atoms with Crippen LogP contribution in [-0.2, 0) is 28.6 Å². The Labute approximate surface area is 139 Å². The molecule has 0 aliphatic heterocycles. The number of nitrogens with zero attached hydrogens (tertiary/aromatic N) is 1. The number of ether oxygens (including phenoxy) is 3. The van der Waals surface area contributed by atoms with Gasteiger partial charge in [0.05, 0.1) is 32.6 Å². The highest BCUT2D eigenvalue weighted by molar-refractivity contribution is 7.80. The average Bonchev–Trinajstić information content (AvgIpc) is 2.57. The molecule has 0 N–H and O–H groups in total. The minimum Gasteiger partial charge on any atom is -0.503 e. The van der Waals surface area contributed by atoms with E-state index in [1.165, 1.54) is 26.7 Å². The van der Waals surface area contributed by atoms with Gasteiger partial charge in [0.1, 0.15) is 12.2 Å². The molecule has 8 heteroatoms. The number of carbonyl (C=O) groups excluding carboxylic acids is 2. The maximum Gasteiger partial charge on any atom is 0.360 e. The molecule has 0 amide bonds. The molecule has 0 saturated heterocycles. The number of methoxy groups -OCH3 is 2. The van der Waals surface area contributed by atoms with Gasteiger partial charge in [-0.3, -0.25) is 0 Å². The molecular formula is C15H17NO6S. The summed E-state index contributed by atoms with van der Waals surface area (Å²) in [6.07, 6.45) is 2.57. The topological polar surface area (TPSA) is 83.4 Å². The summed E-state index contributed by atoms with van der Waals surface area (Å²) in [4.78, 5) is 27.7. The first-order valence-corrected chi connectivity index (χ1v) is 7.09. The van der Waals surface area contributed by atoms with Gasteiger partial charge in [-0.2, -0.15) is 12.6 Å². The quantitative estimate of drug-likeness (QED) is 0.113. The number of benzene rings is 1. The van der Waals surface area contributed by atoms with Crippen molar-refractivity contribution in [2.24, 2.45) is 5.16 Å². The molecule has 1 rings (SSSR count). The second-order valence-corrected chi connectivity index (χ2v) is 4.28. The minimum atomic E-state index is -0.659. The van der Waals surface area contributed by atoms with E-state index in [0.29, 0.717) is 11.1 Å². The van der Waals surface area contributed by atoms with Gasteiger partial charge in [0, 0.05) is 11.1 Å². The fourth-order valence-corrected chi connectivity index (χ4v) is 1.69. The highest BCUT2D eigenvalue weighted by atomic mass is 32.1. The van der Waals surface area contributed by atoms with Crippen molar-refractivity contribution in [3.8, 4) is 0 Å². The Morgan fingerprint density at radius 1 is 1.26 bits per heavy atom. The van der Waals surface area contributed by atoms with Crippen molar-refractivity contribution in [3.05, 3.63) is 41.7 Å². The van der Waals surface area contributed by atoms with Gasteiger partial charge < -0.3 is 19.0 Å². The average molecular weight is 339 g/mol. The van der Waals surface area contributed by atoms with E-state index in [-0.39, 0.29) is 18.1 Å². The Bertz CT molecular complexity index is 599. The summed E-state index contributed by atoms with van der Waals surface area (Å²) in [5.74, 6) is -1.12. The van der Waals surface area contributed by atoms with Gasteiger partial charge in [0.2, 0.25) is 0 Å². The lowest BCUT2D eigenvalue weighted by Gasteiger charge is -2.08. The molecule has 0 aliphatic carbocycles. The normalized spacial score (nSPS) is 11.3. The van der Waals surface area contributed by atoms with Crippen LogP contribution >= 0.6 is 12.6 Å². The van der Waals surface area contributed by atoms with Crippen LogP contribution in [0.25, 0.3) is 5.57 Å². The lowest BCUT2D eigenvalue weighted by molar-refractivity contribution is -0.148. The van der Waals surface area contributed by atoms with Crippen molar-refractivity contribution in [1.29, 1.82) is 0 Å². The molecule has 23 heavy (non-hydrogen) atoms. The molecule has 0 saturated carbocycles. The first kappa shape index (κ1) is 18.7. The van der Waals surface area contributed by atoms with E-state index in [0.717, 1.165) is 0 Å². The Morgan fingerprint density at radius 3 is 2.65 bits per heavy atom. The summed E-state index contributed by atoms with van der Waals surface area (Å²) in [5, 5.41) is 3.58. The van der Waals surface area contributed by atoms with E-state index in [9.17, 15) is 9.59 Å². The number of oxime groups is 1. The van der Waals surface area contributed by atoms with Gasteiger partial charge in [-0.05, 0) is 0 Å². The summed E-state index contributed by atoms with van der Waals surface area (Å²) in [6.45, 7) is -0.251. The van der Waals surface area contributed by atoms with Crippen molar-refractivity contribution >= 4 is 36.4 Å². The molecule has 0 bridgehead atoms. The molecule has 0 radical (unpaired) electrons. The number of esters is 1. The molecule has 0 aromatic heterocycles. The third kappa shape index (κ3) is 6.13. The highest BCUT2D eigenvalue weighted by Crippen LogP contribution is 2.19. The number of rotatable bonds is 8. The second-order valence-electron chi connectivity index (χ2n) is 4.02. The minimum absolute atomic E-state index is 0.103. The number of hydrogen-bond acceptors (Lipinski definition) is 8. The van der Waals surface area contributed by atoms with Crippen molar-refractivity contribution in [2.75, 3.05) is 26.8 Å². The van der Waals surface area contributed by atoms with E-state index in [1.807, 2.05) is 0 Å². The molecule has 7 nitrogen and oxygen atoms in total. The van der Waals surface area contributed by atoms with Gasteiger partial charge >= 0.3 is 11.9 Å². The van der Waals surface area contributed by atoms with Crippen molar-refractivity contribution in [1.82, 2.24) is 0 Å². The molecule has 0 spiro atoms. The molecule has 1 aromatic rings. The molecule has 0 aliphatic rings. The van der Waals surface area contributed by atoms with Crippen LogP contribution in [0.15, 0.2) is 35.7 Å². The van der Waals surface area contributed by atoms with Crippen LogP contribution < -0.4 is 0 Å². The van der Waals surface area contributed by atoms with Crippen LogP contribution in [0.4, 0.5) is 0 Å². The Kier molecular flexibility index (Phi) is 8.48. The van der Waals surface area contributed by atoms with E-state index in [4.69, 9.17) is 14.2 Å². The van der Waals surface area contributed by atoms with E-state index in [2.05, 4.69) is 22.6 Å². The van der Waals surface area contributed by atoms with E-state index >= 15 is 0 Å². The number of hydrogen-bond donors (Lipinski definition) is 1. The van der Waals surface area contributed by atoms with Crippen LogP contribution in [0.3, 0.4) is 0 Å². The zero-order valence-corrected chi connectivity index (χ0v) is 13.6. The molecule has 1 aromatic carbocycles. The first-order valence-electron chi connectivity index (χ1n) is 6.46. The molecule has 124 valence electrons. The number of thiol groups is 1. The van der Waals surface area contributed by atoms with Crippen molar-refractivity contribution in [3.63, 3.8) is 0 Å². The van der Waals surface area contributed by atoms with Gasteiger partial charge in [-0.1, -0.05) is 29.4 Å². The summed E-state index contributed by atoms with van der Waals surface area (Å²) < 4.78 is 14.4. The van der Waals surface area contributed by atoms with Crippen LogP contribution in [0.2, 0.25) is 0 Å². The fourth-order valence-electron chi connectivity index (χ4n) is 1.60. The standard InChI is InChI=1S/C15H17NO6S/c1-19-8-13(15(18)20-2)12-6-4-3-5-11(12)7-16-22-14(17)9-21-10-23/h3-8,23H,9-10H2,1-2H3/b13-8-,16-7+. The Hall–Kier alpha value is -2.32. The zero-order chi connectivity index (χ0) is 17.1. The summed E-state index contributed by atoms with van der Waals surface area (Å²) in [7, 11) is 2.69. The van der Waals surface area contributed by atoms with Crippen molar-refractivity contribution < 1.29 is 28.6 Å². The van der Waals surface area contributed by atoms with Gasteiger partial charge in [-0.25, -0.2) is 9.59 Å². The van der Waals surface area contributed by atoms with Gasteiger partial charge in [0.25, 0.3) is 0 Å². The molecule has 0 atom stereocenters. The molecule has 0 fully saturated rings. The van der Waals surface area contributed by atoms with Crippen LogP contribution in [0.5, 0.6) is 0 Å². The monoisotopic (exact) mass is 339 g/mol. The maximum absolute atomic E-state index is 11.8. The fraction of sp³-hybridized carbons (Fsp3) is 0.267. The SMILES string of the molecule is CO/C=C(\C(=O)OC)c1ccccc1/C=N/OC(=O)COCS.